The van der Waals surface area contributed by atoms with E-state index < -0.39 is 10.0 Å². The summed E-state index contributed by atoms with van der Waals surface area (Å²) < 4.78 is 26.1. The third kappa shape index (κ3) is 5.94. The molecule has 0 fully saturated rings. The first-order valence-corrected chi connectivity index (χ1v) is 9.99. The quantitative estimate of drug-likeness (QED) is 0.422. The number of carbonyl (C=O) groups excluding carboxylic acids is 1. The number of amides is 1. The number of hydrogen-bond acceptors (Lipinski definition) is 4. The first-order valence-electron chi connectivity index (χ1n) is 7.52. The van der Waals surface area contributed by atoms with Gasteiger partial charge in [0.2, 0.25) is 10.0 Å². The van der Waals surface area contributed by atoms with Crippen LogP contribution in [0.1, 0.15) is 10.4 Å². The number of terminal acetylenes is 1. The Labute approximate surface area is 152 Å². The van der Waals surface area contributed by atoms with Gasteiger partial charge in [0, 0.05) is 22.8 Å². The van der Waals surface area contributed by atoms with Crippen molar-refractivity contribution in [2.45, 2.75) is 9.79 Å². The fourth-order valence-corrected chi connectivity index (χ4v) is 3.68. The number of rotatable bonds is 8. The summed E-state index contributed by atoms with van der Waals surface area (Å²) in [6.45, 7) is 0.436. The van der Waals surface area contributed by atoms with Gasteiger partial charge in [-0.15, -0.1) is 18.2 Å². The van der Waals surface area contributed by atoms with Gasteiger partial charge in [0.15, 0.2) is 0 Å². The number of carbonyl (C=O) groups is 1. The summed E-state index contributed by atoms with van der Waals surface area (Å²) in [7, 11) is -3.64. The van der Waals surface area contributed by atoms with E-state index in [0.717, 1.165) is 10.6 Å². The minimum Gasteiger partial charge on any atom is -0.351 e. The lowest BCUT2D eigenvalue weighted by Crippen LogP contribution is -2.26. The van der Waals surface area contributed by atoms with Gasteiger partial charge in [0.1, 0.15) is 0 Å². The van der Waals surface area contributed by atoms with Gasteiger partial charge in [-0.1, -0.05) is 24.1 Å². The molecule has 0 saturated carbocycles. The lowest BCUT2D eigenvalue weighted by molar-refractivity contribution is 0.0956. The van der Waals surface area contributed by atoms with E-state index in [9.17, 15) is 13.2 Å². The molecule has 130 valence electrons. The summed E-state index contributed by atoms with van der Waals surface area (Å²) in [5.41, 5.74) is 0.403. The van der Waals surface area contributed by atoms with Gasteiger partial charge in [0.05, 0.1) is 11.4 Å². The predicted octanol–water partition coefficient (Wildman–Crippen LogP) is 2.12. The second-order valence-corrected chi connectivity index (χ2v) is 7.91. The summed E-state index contributed by atoms with van der Waals surface area (Å²) in [5, 5.41) is 2.81. The third-order valence-electron chi connectivity index (χ3n) is 3.19. The van der Waals surface area contributed by atoms with Crippen molar-refractivity contribution in [3.63, 3.8) is 0 Å². The van der Waals surface area contributed by atoms with Crippen molar-refractivity contribution in [1.29, 1.82) is 0 Å². The molecular formula is C18H18N2O3S2. The standard InChI is InChI=1S/C18H18N2O3S2/c1-2-12-20-25(22,23)17-10-8-15(9-11-17)18(21)19-13-14-24-16-6-4-3-5-7-16/h1,3-11,20H,12-14H2,(H,19,21). The number of benzene rings is 2. The van der Waals surface area contributed by atoms with Gasteiger partial charge in [-0.05, 0) is 36.4 Å². The lowest BCUT2D eigenvalue weighted by Gasteiger charge is -2.07. The van der Waals surface area contributed by atoms with Crippen molar-refractivity contribution < 1.29 is 13.2 Å². The van der Waals surface area contributed by atoms with Gasteiger partial charge in [0.25, 0.3) is 5.91 Å². The topological polar surface area (TPSA) is 75.3 Å². The van der Waals surface area contributed by atoms with E-state index in [1.165, 1.54) is 24.3 Å². The first kappa shape index (κ1) is 19.1. The van der Waals surface area contributed by atoms with Crippen LogP contribution in [-0.2, 0) is 10.0 Å². The minimum absolute atomic E-state index is 0.0685. The monoisotopic (exact) mass is 374 g/mol. The third-order valence-corrected chi connectivity index (χ3v) is 5.62. The van der Waals surface area contributed by atoms with E-state index in [4.69, 9.17) is 6.42 Å². The summed E-state index contributed by atoms with van der Waals surface area (Å²) in [4.78, 5) is 13.3. The molecule has 2 aromatic carbocycles. The largest absolute Gasteiger partial charge is 0.351 e. The molecule has 2 aromatic rings. The van der Waals surface area contributed by atoms with Gasteiger partial charge in [-0.2, -0.15) is 4.72 Å². The summed E-state index contributed by atoms with van der Waals surface area (Å²) >= 11 is 1.65. The van der Waals surface area contributed by atoms with Crippen LogP contribution in [-0.4, -0.2) is 33.2 Å². The van der Waals surface area contributed by atoms with E-state index in [-0.39, 0.29) is 17.3 Å². The van der Waals surface area contributed by atoms with Gasteiger partial charge < -0.3 is 5.32 Å². The highest BCUT2D eigenvalue weighted by molar-refractivity contribution is 7.99. The zero-order chi connectivity index (χ0) is 18.1. The highest BCUT2D eigenvalue weighted by atomic mass is 32.2. The molecule has 1 amide bonds. The Balaban J connectivity index is 1.85. The molecule has 5 nitrogen and oxygen atoms in total. The van der Waals surface area contributed by atoms with Gasteiger partial charge in [-0.3, -0.25) is 4.79 Å². The highest BCUT2D eigenvalue weighted by Crippen LogP contribution is 2.16. The smallest absolute Gasteiger partial charge is 0.251 e. The van der Waals surface area contributed by atoms with E-state index in [1.54, 1.807) is 11.8 Å². The maximum Gasteiger partial charge on any atom is 0.251 e. The van der Waals surface area contributed by atoms with E-state index in [0.29, 0.717) is 12.1 Å². The molecule has 0 bridgehead atoms. The number of hydrogen-bond donors (Lipinski definition) is 2. The Morgan fingerprint density at radius 3 is 2.40 bits per heavy atom. The van der Waals surface area contributed by atoms with Crippen molar-refractivity contribution >= 4 is 27.7 Å². The average Bonchev–Trinajstić information content (AvgIpc) is 2.64. The first-order chi connectivity index (χ1) is 12.0. The van der Waals surface area contributed by atoms with E-state index in [2.05, 4.69) is 16.0 Å². The maximum atomic E-state index is 12.1. The van der Waals surface area contributed by atoms with E-state index >= 15 is 0 Å². The molecule has 2 N–H and O–H groups in total. The molecule has 0 heterocycles. The van der Waals surface area contributed by atoms with Crippen LogP contribution in [0.2, 0.25) is 0 Å². The van der Waals surface area contributed by atoms with Crippen LogP contribution in [0.4, 0.5) is 0 Å². The molecule has 0 radical (unpaired) electrons. The van der Waals surface area contributed by atoms with Crippen LogP contribution in [0.25, 0.3) is 0 Å². The Kier molecular flexibility index (Phi) is 7.07. The molecule has 0 unspecified atom stereocenters. The van der Waals surface area contributed by atoms with E-state index in [1.807, 2.05) is 30.3 Å². The highest BCUT2D eigenvalue weighted by Gasteiger charge is 2.13. The number of sulfonamides is 1. The Morgan fingerprint density at radius 1 is 1.08 bits per heavy atom. The Bertz CT molecular complexity index is 842. The molecule has 0 spiro atoms. The molecule has 0 aromatic heterocycles. The van der Waals surface area contributed by atoms with Crippen LogP contribution in [0.5, 0.6) is 0 Å². The zero-order valence-corrected chi connectivity index (χ0v) is 15.1. The molecular weight excluding hydrogens is 356 g/mol. The minimum atomic E-state index is -3.64. The molecule has 7 heteroatoms. The van der Waals surface area contributed by atoms with Crippen molar-refractivity contribution in [3.05, 3.63) is 60.2 Å². The lowest BCUT2D eigenvalue weighted by atomic mass is 10.2. The normalized spacial score (nSPS) is 10.8. The Hall–Kier alpha value is -2.27. The van der Waals surface area contributed by atoms with Crippen LogP contribution in [0.15, 0.2) is 64.4 Å². The molecule has 0 saturated heterocycles. The van der Waals surface area contributed by atoms with Crippen LogP contribution in [0, 0.1) is 12.3 Å². The molecule has 0 aliphatic carbocycles. The summed E-state index contributed by atoms with van der Waals surface area (Å²) in [6, 6.07) is 15.6. The maximum absolute atomic E-state index is 12.1. The second-order valence-electron chi connectivity index (χ2n) is 4.97. The Morgan fingerprint density at radius 2 is 1.76 bits per heavy atom. The van der Waals surface area contributed by atoms with Crippen molar-refractivity contribution in [2.75, 3.05) is 18.8 Å². The molecule has 0 aliphatic heterocycles. The van der Waals surface area contributed by atoms with Gasteiger partial charge in [-0.25, -0.2) is 8.42 Å². The summed E-state index contributed by atoms with van der Waals surface area (Å²) in [5.74, 6) is 2.71. The summed E-state index contributed by atoms with van der Waals surface area (Å²) in [6.07, 6.45) is 5.04. The van der Waals surface area contributed by atoms with Gasteiger partial charge >= 0.3 is 0 Å². The van der Waals surface area contributed by atoms with Crippen LogP contribution < -0.4 is 10.0 Å². The second kappa shape index (κ2) is 9.28. The molecule has 2 rings (SSSR count). The van der Waals surface area contributed by atoms with Crippen LogP contribution in [0.3, 0.4) is 0 Å². The van der Waals surface area contributed by atoms with Crippen molar-refractivity contribution in [3.8, 4) is 12.3 Å². The fraction of sp³-hybridized carbons (Fsp3) is 0.167. The average molecular weight is 374 g/mol. The van der Waals surface area contributed by atoms with Crippen molar-refractivity contribution in [1.82, 2.24) is 10.0 Å². The zero-order valence-electron chi connectivity index (χ0n) is 13.4. The molecule has 25 heavy (non-hydrogen) atoms. The van der Waals surface area contributed by atoms with Crippen molar-refractivity contribution in [2.24, 2.45) is 0 Å². The number of thioether (sulfide) groups is 1. The molecule has 0 atom stereocenters. The predicted molar refractivity (Wildman–Crippen MR) is 100.0 cm³/mol. The molecule has 0 aliphatic rings. The number of nitrogens with one attached hydrogen (secondary N) is 2. The SMILES string of the molecule is C#CCNS(=O)(=O)c1ccc(C(=O)NCCSc2ccccc2)cc1. The van der Waals surface area contributed by atoms with Crippen LogP contribution >= 0.6 is 11.8 Å². The fourth-order valence-electron chi connectivity index (χ4n) is 1.96.